The fourth-order valence-corrected chi connectivity index (χ4v) is 8.93. The number of esters is 1. The first-order valence-electron chi connectivity index (χ1n) is 29.7. The third kappa shape index (κ3) is 52.3. The number of phosphoric acid groups is 1. The van der Waals surface area contributed by atoms with Gasteiger partial charge in [0.05, 0.1) is 33.8 Å². The molecule has 0 saturated carbocycles. The Morgan fingerprint density at radius 1 is 0.486 bits per heavy atom. The zero-order valence-corrected chi connectivity index (χ0v) is 48.5. The second-order valence-electron chi connectivity index (χ2n) is 21.1. The summed E-state index contributed by atoms with van der Waals surface area (Å²) >= 11 is 0. The maximum absolute atomic E-state index is 13.5. The number of hydrogen-bond donors (Lipinski definition) is 1. The Labute approximate surface area is 444 Å². The van der Waals surface area contributed by atoms with Crippen LogP contribution in [-0.4, -0.2) is 69.4 Å². The van der Waals surface area contributed by atoms with E-state index in [0.29, 0.717) is 17.4 Å². The van der Waals surface area contributed by atoms with E-state index in [4.69, 9.17) is 13.8 Å². The molecule has 3 atom stereocenters. The molecule has 0 heterocycles. The van der Waals surface area contributed by atoms with Crippen molar-refractivity contribution in [2.45, 2.75) is 270 Å². The normalized spacial score (nSPS) is 14.3. The number of rotatable bonds is 53. The minimum absolute atomic E-state index is 0.0316. The molecule has 0 aliphatic heterocycles. The summed E-state index contributed by atoms with van der Waals surface area (Å²) in [6.07, 6.45) is 65.7. The number of allylic oxidation sites excluding steroid dienone is 11. The summed E-state index contributed by atoms with van der Waals surface area (Å²) in [7, 11) is 1.16. The SMILES string of the molecule is CCCCC/C=C\C/C=C\C/C=C\C/C=C\CCCCCC(=O)NC(COP(=O)([O-])OCC[N+](C)(C)C)C(/C=C\CCCCCCCCCCCC)OC(=O)CCCCCCCCC/C=C\CCCCCC. The second-order valence-corrected chi connectivity index (χ2v) is 22.6. The third-order valence-electron chi connectivity index (χ3n) is 12.9. The lowest BCUT2D eigenvalue weighted by Gasteiger charge is -2.30. The molecule has 0 radical (unpaired) electrons. The van der Waals surface area contributed by atoms with Crippen molar-refractivity contribution in [2.75, 3.05) is 40.9 Å². The highest BCUT2D eigenvalue weighted by atomic mass is 31.2. The predicted molar refractivity (Wildman–Crippen MR) is 307 cm³/mol. The van der Waals surface area contributed by atoms with Gasteiger partial charge in [0.15, 0.2) is 0 Å². The highest BCUT2D eigenvalue weighted by Crippen LogP contribution is 2.38. The summed E-state index contributed by atoms with van der Waals surface area (Å²) in [5.74, 6) is -0.582. The Balaban J connectivity index is 5.38. The first kappa shape index (κ1) is 69.5. The van der Waals surface area contributed by atoms with E-state index < -0.39 is 26.6 Å². The van der Waals surface area contributed by atoms with E-state index in [9.17, 15) is 19.0 Å². The fourth-order valence-electron chi connectivity index (χ4n) is 8.20. The van der Waals surface area contributed by atoms with Gasteiger partial charge in [0.2, 0.25) is 5.91 Å². The Hall–Kier alpha value is -2.55. The molecule has 0 aromatic heterocycles. The largest absolute Gasteiger partial charge is 0.756 e. The molecule has 3 unspecified atom stereocenters. The van der Waals surface area contributed by atoms with Gasteiger partial charge in [0, 0.05) is 12.8 Å². The summed E-state index contributed by atoms with van der Waals surface area (Å²) in [4.78, 5) is 39.9. The van der Waals surface area contributed by atoms with Gasteiger partial charge in [0.1, 0.15) is 19.3 Å². The number of quaternary nitrogens is 1. The van der Waals surface area contributed by atoms with Gasteiger partial charge in [-0.25, -0.2) is 0 Å². The molecule has 1 N–H and O–H groups in total. The van der Waals surface area contributed by atoms with E-state index in [0.717, 1.165) is 89.9 Å². The summed E-state index contributed by atoms with van der Waals surface area (Å²) in [6.45, 7) is 6.77. The van der Waals surface area contributed by atoms with Crippen LogP contribution in [0, 0.1) is 0 Å². The van der Waals surface area contributed by atoms with Crippen molar-refractivity contribution in [3.8, 4) is 0 Å². The summed E-state index contributed by atoms with van der Waals surface area (Å²) in [5.41, 5.74) is 0. The zero-order valence-electron chi connectivity index (χ0n) is 47.6. The van der Waals surface area contributed by atoms with E-state index in [-0.39, 0.29) is 31.3 Å². The van der Waals surface area contributed by atoms with Gasteiger partial charge in [-0.05, 0) is 102 Å². The van der Waals surface area contributed by atoms with Crippen LogP contribution in [0.2, 0.25) is 0 Å². The molecule has 0 bridgehead atoms. The Morgan fingerprint density at radius 2 is 0.847 bits per heavy atom. The van der Waals surface area contributed by atoms with E-state index in [1.807, 2.05) is 33.3 Å². The number of phosphoric ester groups is 1. The van der Waals surface area contributed by atoms with Crippen molar-refractivity contribution in [3.63, 3.8) is 0 Å². The third-order valence-corrected chi connectivity index (χ3v) is 13.8. The van der Waals surface area contributed by atoms with Gasteiger partial charge in [-0.2, -0.15) is 0 Å². The average Bonchev–Trinajstić information content (AvgIpc) is 3.34. The van der Waals surface area contributed by atoms with Crippen LogP contribution in [0.5, 0.6) is 0 Å². The molecule has 418 valence electrons. The Kier molecular flexibility index (Phi) is 50.1. The van der Waals surface area contributed by atoms with Crippen molar-refractivity contribution in [2.24, 2.45) is 0 Å². The first-order chi connectivity index (χ1) is 34.9. The molecular formula is C62H113N2O7P. The Bertz CT molecular complexity index is 1460. The number of unbranched alkanes of at least 4 members (excludes halogenated alkanes) is 27. The molecule has 0 aromatic rings. The van der Waals surface area contributed by atoms with E-state index in [1.54, 1.807) is 0 Å². The zero-order chi connectivity index (χ0) is 52.9. The number of nitrogens with zero attached hydrogens (tertiary/aromatic N) is 1. The van der Waals surface area contributed by atoms with Gasteiger partial charge in [0.25, 0.3) is 7.82 Å². The number of nitrogens with one attached hydrogen (secondary N) is 1. The molecule has 0 rings (SSSR count). The van der Waals surface area contributed by atoms with Gasteiger partial charge in [-0.1, -0.05) is 216 Å². The van der Waals surface area contributed by atoms with Crippen LogP contribution in [0.15, 0.2) is 72.9 Å². The number of likely N-dealkylation sites (N-methyl/N-ethyl adjacent to an activating group) is 1. The number of ether oxygens (including phenoxy) is 1. The Morgan fingerprint density at radius 3 is 1.33 bits per heavy atom. The highest BCUT2D eigenvalue weighted by molar-refractivity contribution is 7.45. The fraction of sp³-hybridized carbons (Fsp3) is 0.774. The van der Waals surface area contributed by atoms with Crippen molar-refractivity contribution in [1.29, 1.82) is 0 Å². The number of amides is 1. The standard InChI is InChI=1S/C62H113N2O7P/c1-7-10-13-16-19-22-25-28-30-31-32-33-35-36-39-42-45-48-51-54-61(65)63-59(58-70-72(67,68)69-57-56-64(4,5)6)60(53-50-47-44-41-38-27-24-21-18-15-12-9-3)71-62(66)55-52-49-46-43-40-37-34-29-26-23-20-17-14-11-8-2/h19,22-23,26,28,30,32-33,36,39,50,53,59-60H,7-18,20-21,24-25,27,29,31,34-35,37-38,40-49,51-52,54-58H2,1-6H3,(H-,63,65,67,68)/b22-19-,26-23-,30-28-,33-32-,39-36-,53-50-. The lowest BCUT2D eigenvalue weighted by molar-refractivity contribution is -0.870. The van der Waals surface area contributed by atoms with Crippen molar-refractivity contribution >= 4 is 19.7 Å². The average molecular weight is 1030 g/mol. The molecule has 72 heavy (non-hydrogen) atoms. The molecule has 0 spiro atoms. The van der Waals surface area contributed by atoms with Crippen molar-refractivity contribution < 1.29 is 37.3 Å². The molecule has 0 saturated heterocycles. The van der Waals surface area contributed by atoms with Crippen LogP contribution < -0.4 is 10.2 Å². The van der Waals surface area contributed by atoms with E-state index in [2.05, 4.69) is 86.8 Å². The summed E-state index contributed by atoms with van der Waals surface area (Å²) in [6, 6.07) is -0.908. The van der Waals surface area contributed by atoms with Gasteiger partial charge >= 0.3 is 5.97 Å². The molecule has 0 fully saturated rings. The summed E-state index contributed by atoms with van der Waals surface area (Å²) in [5, 5.41) is 3.00. The van der Waals surface area contributed by atoms with Gasteiger partial charge in [-0.15, -0.1) is 0 Å². The first-order valence-corrected chi connectivity index (χ1v) is 31.2. The minimum atomic E-state index is -4.71. The van der Waals surface area contributed by atoms with Crippen LogP contribution in [0.3, 0.4) is 0 Å². The van der Waals surface area contributed by atoms with Gasteiger partial charge in [-0.3, -0.25) is 14.2 Å². The quantitative estimate of drug-likeness (QED) is 0.0212. The lowest BCUT2D eigenvalue weighted by Crippen LogP contribution is -2.47. The molecule has 0 aliphatic carbocycles. The maximum atomic E-state index is 13.5. The maximum Gasteiger partial charge on any atom is 0.306 e. The highest BCUT2D eigenvalue weighted by Gasteiger charge is 2.27. The summed E-state index contributed by atoms with van der Waals surface area (Å²) < 4.78 is 30.2. The monoisotopic (exact) mass is 1030 g/mol. The molecule has 9 nitrogen and oxygen atoms in total. The van der Waals surface area contributed by atoms with Gasteiger partial charge < -0.3 is 28.5 Å². The number of carbonyl (C=O) groups is 2. The number of carbonyl (C=O) groups excluding carboxylic acids is 2. The van der Waals surface area contributed by atoms with Crippen molar-refractivity contribution in [3.05, 3.63) is 72.9 Å². The molecule has 0 aromatic carbocycles. The topological polar surface area (TPSA) is 114 Å². The van der Waals surface area contributed by atoms with Crippen LogP contribution >= 0.6 is 7.82 Å². The van der Waals surface area contributed by atoms with Crippen LogP contribution in [0.25, 0.3) is 0 Å². The van der Waals surface area contributed by atoms with Crippen LogP contribution in [0.4, 0.5) is 0 Å². The lowest BCUT2D eigenvalue weighted by atomic mass is 10.0. The number of hydrogen-bond acceptors (Lipinski definition) is 7. The van der Waals surface area contributed by atoms with E-state index in [1.165, 1.54) is 128 Å². The predicted octanol–water partition coefficient (Wildman–Crippen LogP) is 17.4. The molecule has 1 amide bonds. The molecular weight excluding hydrogens is 916 g/mol. The smallest absolute Gasteiger partial charge is 0.306 e. The van der Waals surface area contributed by atoms with Crippen LogP contribution in [-0.2, 0) is 27.9 Å². The minimum Gasteiger partial charge on any atom is -0.756 e. The van der Waals surface area contributed by atoms with E-state index >= 15 is 0 Å². The molecule has 0 aliphatic rings. The second kappa shape index (κ2) is 51.9. The van der Waals surface area contributed by atoms with Crippen LogP contribution in [0.1, 0.15) is 258 Å². The molecule has 10 heteroatoms. The van der Waals surface area contributed by atoms with Crippen molar-refractivity contribution in [1.82, 2.24) is 5.32 Å².